The predicted molar refractivity (Wildman–Crippen MR) is 111 cm³/mol. The van der Waals surface area contributed by atoms with E-state index in [4.69, 9.17) is 4.74 Å². The lowest BCUT2D eigenvalue weighted by Crippen LogP contribution is -2.17. The lowest BCUT2D eigenvalue weighted by molar-refractivity contribution is 0.104. The highest BCUT2D eigenvalue weighted by Gasteiger charge is 2.18. The number of ether oxygens (including phenoxy) is 1. The molecular formula is C21H18N4O3S. The standard InChI is InChI=1S/C21H18N4O3S/c1-13(2)28-21(27)24-16-5-3-4-14(10-16)18-6-8-22-20-17(11-23-25(18)20)19(26)15-7-9-29-12-15/h3-13H,1-2H3,(H,24,27). The summed E-state index contributed by atoms with van der Waals surface area (Å²) in [6, 6.07) is 10.9. The zero-order valence-corrected chi connectivity index (χ0v) is 16.6. The average Bonchev–Trinajstić information content (AvgIpc) is 3.37. The topological polar surface area (TPSA) is 85.6 Å². The number of hydrogen-bond acceptors (Lipinski definition) is 6. The summed E-state index contributed by atoms with van der Waals surface area (Å²) >= 11 is 1.47. The number of rotatable bonds is 5. The van der Waals surface area contributed by atoms with Gasteiger partial charge in [-0.3, -0.25) is 10.1 Å². The molecule has 0 fully saturated rings. The van der Waals surface area contributed by atoms with E-state index in [1.165, 1.54) is 17.5 Å². The van der Waals surface area contributed by atoms with Crippen LogP contribution >= 0.6 is 11.3 Å². The van der Waals surface area contributed by atoms with Gasteiger partial charge in [0.25, 0.3) is 0 Å². The number of nitrogens with zero attached hydrogens (tertiary/aromatic N) is 3. The van der Waals surface area contributed by atoms with Crippen molar-refractivity contribution in [3.8, 4) is 11.3 Å². The number of amides is 1. The number of anilines is 1. The Labute approximate surface area is 171 Å². The molecule has 4 aromatic rings. The lowest BCUT2D eigenvalue weighted by Gasteiger charge is -2.11. The average molecular weight is 406 g/mol. The van der Waals surface area contributed by atoms with Crippen LogP contribution in [0, 0.1) is 0 Å². The summed E-state index contributed by atoms with van der Waals surface area (Å²) in [5.41, 5.74) is 3.71. The Morgan fingerprint density at radius 1 is 1.21 bits per heavy atom. The fraction of sp³-hybridized carbons (Fsp3) is 0.143. The van der Waals surface area contributed by atoms with Gasteiger partial charge in [-0.1, -0.05) is 12.1 Å². The molecule has 1 amide bonds. The van der Waals surface area contributed by atoms with E-state index in [1.54, 1.807) is 42.1 Å². The summed E-state index contributed by atoms with van der Waals surface area (Å²) in [7, 11) is 0. The van der Waals surface area contributed by atoms with Crippen molar-refractivity contribution in [3.05, 3.63) is 70.7 Å². The number of thiophene rings is 1. The minimum atomic E-state index is -0.514. The third kappa shape index (κ3) is 3.88. The number of hydrogen-bond donors (Lipinski definition) is 1. The van der Waals surface area contributed by atoms with Crippen LogP contribution < -0.4 is 5.32 Å². The van der Waals surface area contributed by atoms with E-state index in [2.05, 4.69) is 15.4 Å². The first-order valence-corrected chi connectivity index (χ1v) is 9.95. The van der Waals surface area contributed by atoms with E-state index >= 15 is 0 Å². The molecule has 0 aliphatic heterocycles. The maximum Gasteiger partial charge on any atom is 0.411 e. The van der Waals surface area contributed by atoms with Crippen LogP contribution in [0.1, 0.15) is 29.8 Å². The molecule has 0 radical (unpaired) electrons. The monoisotopic (exact) mass is 406 g/mol. The molecule has 3 heterocycles. The number of carbonyl (C=O) groups is 2. The number of carbonyl (C=O) groups excluding carboxylic acids is 2. The van der Waals surface area contributed by atoms with Crippen molar-refractivity contribution in [2.45, 2.75) is 20.0 Å². The molecule has 8 heteroatoms. The Kier molecular flexibility index (Phi) is 5.09. The van der Waals surface area contributed by atoms with Crippen molar-refractivity contribution >= 4 is 34.5 Å². The van der Waals surface area contributed by atoms with Gasteiger partial charge in [0.05, 0.1) is 23.6 Å². The molecule has 146 valence electrons. The maximum absolute atomic E-state index is 12.7. The van der Waals surface area contributed by atoms with Crippen LogP contribution in [0.5, 0.6) is 0 Å². The van der Waals surface area contributed by atoms with Gasteiger partial charge < -0.3 is 4.74 Å². The Balaban J connectivity index is 1.69. The highest BCUT2D eigenvalue weighted by molar-refractivity contribution is 7.08. The van der Waals surface area contributed by atoms with Crippen LogP contribution in [0.25, 0.3) is 16.9 Å². The summed E-state index contributed by atoms with van der Waals surface area (Å²) < 4.78 is 6.75. The van der Waals surface area contributed by atoms with Gasteiger partial charge in [0.2, 0.25) is 0 Å². The summed E-state index contributed by atoms with van der Waals surface area (Å²) in [5, 5.41) is 10.8. The first kappa shape index (κ1) is 18.8. The first-order chi connectivity index (χ1) is 14.0. The van der Waals surface area contributed by atoms with Gasteiger partial charge in [-0.05, 0) is 43.5 Å². The second-order valence-electron chi connectivity index (χ2n) is 6.62. The molecule has 0 unspecified atom stereocenters. The van der Waals surface area contributed by atoms with Crippen molar-refractivity contribution in [3.63, 3.8) is 0 Å². The molecule has 1 aromatic carbocycles. The van der Waals surface area contributed by atoms with Crippen LogP contribution in [0.4, 0.5) is 10.5 Å². The van der Waals surface area contributed by atoms with E-state index in [-0.39, 0.29) is 11.9 Å². The Hall–Kier alpha value is -3.52. The quantitative estimate of drug-likeness (QED) is 0.488. The number of benzene rings is 1. The summed E-state index contributed by atoms with van der Waals surface area (Å²) in [5.74, 6) is -0.113. The largest absolute Gasteiger partial charge is 0.447 e. The Bertz CT molecular complexity index is 1180. The van der Waals surface area contributed by atoms with Crippen molar-refractivity contribution in [2.24, 2.45) is 0 Å². The minimum absolute atomic E-state index is 0.113. The fourth-order valence-corrected chi connectivity index (χ4v) is 3.57. The smallest absolute Gasteiger partial charge is 0.411 e. The van der Waals surface area contributed by atoms with Gasteiger partial charge in [-0.15, -0.1) is 0 Å². The van der Waals surface area contributed by atoms with Crippen LogP contribution in [0.2, 0.25) is 0 Å². The molecule has 0 spiro atoms. The van der Waals surface area contributed by atoms with Crippen molar-refractivity contribution in [2.75, 3.05) is 5.32 Å². The zero-order chi connectivity index (χ0) is 20.4. The van der Waals surface area contributed by atoms with E-state index in [9.17, 15) is 9.59 Å². The van der Waals surface area contributed by atoms with Crippen LogP contribution in [-0.2, 0) is 4.74 Å². The molecule has 7 nitrogen and oxygen atoms in total. The number of ketones is 1. The van der Waals surface area contributed by atoms with Gasteiger partial charge in [0.15, 0.2) is 11.4 Å². The molecule has 0 atom stereocenters. The highest BCUT2D eigenvalue weighted by atomic mass is 32.1. The molecule has 0 saturated heterocycles. The van der Waals surface area contributed by atoms with Crippen molar-refractivity contribution < 1.29 is 14.3 Å². The van der Waals surface area contributed by atoms with Crippen molar-refractivity contribution in [1.82, 2.24) is 14.6 Å². The molecule has 3 aromatic heterocycles. The number of nitrogens with one attached hydrogen (secondary N) is 1. The predicted octanol–water partition coefficient (Wildman–Crippen LogP) is 4.65. The molecule has 0 aliphatic carbocycles. The lowest BCUT2D eigenvalue weighted by atomic mass is 10.1. The van der Waals surface area contributed by atoms with Crippen LogP contribution in [-0.4, -0.2) is 32.6 Å². The second-order valence-corrected chi connectivity index (χ2v) is 7.40. The van der Waals surface area contributed by atoms with Crippen LogP contribution in [0.3, 0.4) is 0 Å². The van der Waals surface area contributed by atoms with Gasteiger partial charge >= 0.3 is 6.09 Å². The first-order valence-electron chi connectivity index (χ1n) is 9.00. The Morgan fingerprint density at radius 3 is 2.83 bits per heavy atom. The third-order valence-corrected chi connectivity index (χ3v) is 4.86. The van der Waals surface area contributed by atoms with E-state index < -0.39 is 6.09 Å². The summed E-state index contributed by atoms with van der Waals surface area (Å²) in [4.78, 5) is 29.0. The molecule has 0 aliphatic rings. The summed E-state index contributed by atoms with van der Waals surface area (Å²) in [6.45, 7) is 3.58. The Morgan fingerprint density at radius 2 is 2.07 bits per heavy atom. The number of aromatic nitrogens is 3. The van der Waals surface area contributed by atoms with Gasteiger partial charge in [0.1, 0.15) is 0 Å². The number of fused-ring (bicyclic) bond motifs is 1. The summed E-state index contributed by atoms with van der Waals surface area (Å²) in [6.07, 6.45) is 2.46. The zero-order valence-electron chi connectivity index (χ0n) is 15.8. The normalized spacial score (nSPS) is 11.0. The molecule has 1 N–H and O–H groups in total. The SMILES string of the molecule is CC(C)OC(=O)Nc1cccc(-c2ccnc3c(C(=O)c4ccsc4)cnn23)c1. The molecule has 0 saturated carbocycles. The minimum Gasteiger partial charge on any atom is -0.447 e. The third-order valence-electron chi connectivity index (χ3n) is 4.18. The van der Waals surface area contributed by atoms with Gasteiger partial charge in [0, 0.05) is 28.4 Å². The maximum atomic E-state index is 12.7. The van der Waals surface area contributed by atoms with Crippen molar-refractivity contribution in [1.29, 1.82) is 0 Å². The van der Waals surface area contributed by atoms with E-state index in [1.807, 2.05) is 29.6 Å². The molecule has 29 heavy (non-hydrogen) atoms. The highest BCUT2D eigenvalue weighted by Crippen LogP contribution is 2.25. The fourth-order valence-electron chi connectivity index (χ4n) is 2.94. The molecule has 4 rings (SSSR count). The van der Waals surface area contributed by atoms with Gasteiger partial charge in [-0.2, -0.15) is 16.4 Å². The second kappa shape index (κ2) is 7.84. The van der Waals surface area contributed by atoms with Crippen LogP contribution in [0.15, 0.2) is 59.6 Å². The van der Waals surface area contributed by atoms with E-state index in [0.717, 1.165) is 11.3 Å². The molecule has 0 bridgehead atoms. The molecular weight excluding hydrogens is 388 g/mol. The van der Waals surface area contributed by atoms with E-state index in [0.29, 0.717) is 22.5 Å². The van der Waals surface area contributed by atoms with Gasteiger partial charge in [-0.25, -0.2) is 14.3 Å².